The van der Waals surface area contributed by atoms with Gasteiger partial charge in [0.15, 0.2) is 0 Å². The van der Waals surface area contributed by atoms with Crippen LogP contribution >= 0.6 is 0 Å². The zero-order valence-electron chi connectivity index (χ0n) is 11.1. The van der Waals surface area contributed by atoms with Crippen LogP contribution in [0.15, 0.2) is 24.3 Å². The van der Waals surface area contributed by atoms with Gasteiger partial charge in [-0.05, 0) is 36.5 Å². The monoisotopic (exact) mass is 279 g/mol. The topological polar surface area (TPSA) is 84.2 Å². The summed E-state index contributed by atoms with van der Waals surface area (Å²) in [5.41, 5.74) is 5.83. The van der Waals surface area contributed by atoms with Crippen LogP contribution in [0.4, 0.5) is 9.18 Å². The maximum Gasteiger partial charge on any atom is 0.318 e. The maximum absolute atomic E-state index is 13.0. The normalized spacial score (nSPS) is 16.2. The van der Waals surface area contributed by atoms with Crippen molar-refractivity contribution < 1.29 is 14.0 Å². The van der Waals surface area contributed by atoms with Crippen LogP contribution in [0.3, 0.4) is 0 Å². The Balaban J connectivity index is 1.99. The average molecular weight is 279 g/mol. The molecule has 1 aromatic carbocycles. The standard InChI is InChI=1S/C14H18FN3O2/c15-11-6-4-10(5-7-11)13(9-2-1-3-9)17-8-12(19)18-14(16)20/h4-7,9,13,17H,1-3,8H2,(H3,16,18,19,20). The van der Waals surface area contributed by atoms with Crippen LogP contribution in [-0.4, -0.2) is 18.5 Å². The van der Waals surface area contributed by atoms with E-state index < -0.39 is 11.9 Å². The summed E-state index contributed by atoms with van der Waals surface area (Å²) < 4.78 is 13.0. The largest absolute Gasteiger partial charge is 0.351 e. The second-order valence-electron chi connectivity index (χ2n) is 5.01. The molecule has 0 aromatic heterocycles. The predicted octanol–water partition coefficient (Wildman–Crippen LogP) is 1.45. The number of halogens is 1. The summed E-state index contributed by atoms with van der Waals surface area (Å²) in [7, 11) is 0. The first-order chi connectivity index (χ1) is 9.56. The number of rotatable bonds is 5. The Kier molecular flexibility index (Phi) is 4.68. The molecule has 1 fully saturated rings. The number of hydrogen-bond acceptors (Lipinski definition) is 3. The van der Waals surface area contributed by atoms with E-state index in [0.717, 1.165) is 24.8 Å². The summed E-state index contributed by atoms with van der Waals surface area (Å²) in [4.78, 5) is 22.0. The van der Waals surface area contributed by atoms with Gasteiger partial charge in [0.1, 0.15) is 5.82 Å². The van der Waals surface area contributed by atoms with Crippen LogP contribution in [0, 0.1) is 11.7 Å². The van der Waals surface area contributed by atoms with E-state index >= 15 is 0 Å². The molecule has 0 heterocycles. The molecular formula is C14H18FN3O2. The van der Waals surface area contributed by atoms with Crippen LogP contribution in [0.1, 0.15) is 30.9 Å². The molecule has 1 saturated carbocycles. The smallest absolute Gasteiger partial charge is 0.318 e. The SMILES string of the molecule is NC(=O)NC(=O)CNC(c1ccc(F)cc1)C1CCC1. The molecule has 108 valence electrons. The van der Waals surface area contributed by atoms with Gasteiger partial charge in [0.2, 0.25) is 5.91 Å². The minimum absolute atomic E-state index is 0.00147. The fourth-order valence-corrected chi connectivity index (χ4v) is 2.38. The summed E-state index contributed by atoms with van der Waals surface area (Å²) in [6, 6.07) is 5.38. The van der Waals surface area contributed by atoms with Crippen LogP contribution in [0.5, 0.6) is 0 Å². The number of hydrogen-bond donors (Lipinski definition) is 3. The molecule has 1 unspecified atom stereocenters. The third-order valence-corrected chi connectivity index (χ3v) is 3.60. The van der Waals surface area contributed by atoms with E-state index in [4.69, 9.17) is 5.73 Å². The first kappa shape index (κ1) is 14.5. The molecule has 0 radical (unpaired) electrons. The summed E-state index contributed by atoms with van der Waals surface area (Å²) in [5.74, 6) is -0.321. The van der Waals surface area contributed by atoms with Gasteiger partial charge >= 0.3 is 6.03 Å². The Bertz CT molecular complexity index is 486. The van der Waals surface area contributed by atoms with Crippen molar-refractivity contribution in [2.75, 3.05) is 6.54 Å². The van der Waals surface area contributed by atoms with E-state index in [-0.39, 0.29) is 18.4 Å². The highest BCUT2D eigenvalue weighted by Gasteiger charge is 2.28. The minimum atomic E-state index is -0.862. The van der Waals surface area contributed by atoms with Crippen LogP contribution in [-0.2, 0) is 4.79 Å². The Hall–Kier alpha value is -1.95. The quantitative estimate of drug-likeness (QED) is 0.762. The molecule has 1 atom stereocenters. The van der Waals surface area contributed by atoms with Crippen LogP contribution in [0.25, 0.3) is 0 Å². The van der Waals surface area contributed by atoms with Gasteiger partial charge in [-0.2, -0.15) is 0 Å². The van der Waals surface area contributed by atoms with Crippen LogP contribution in [0.2, 0.25) is 0 Å². The highest BCUT2D eigenvalue weighted by atomic mass is 19.1. The molecule has 1 aromatic rings. The highest BCUT2D eigenvalue weighted by molar-refractivity contribution is 5.94. The molecule has 1 aliphatic carbocycles. The van der Waals surface area contributed by atoms with Crippen molar-refractivity contribution in [2.45, 2.75) is 25.3 Å². The highest BCUT2D eigenvalue weighted by Crippen LogP contribution is 2.37. The number of carbonyl (C=O) groups is 2. The van der Waals surface area contributed by atoms with Gasteiger partial charge in [-0.3, -0.25) is 10.1 Å². The number of nitrogens with one attached hydrogen (secondary N) is 2. The molecule has 5 nitrogen and oxygen atoms in total. The molecule has 3 amide bonds. The van der Waals surface area contributed by atoms with E-state index in [2.05, 4.69) is 5.32 Å². The van der Waals surface area contributed by atoms with E-state index in [0.29, 0.717) is 5.92 Å². The van der Waals surface area contributed by atoms with Crippen molar-refractivity contribution in [1.82, 2.24) is 10.6 Å². The molecule has 0 bridgehead atoms. The predicted molar refractivity (Wildman–Crippen MR) is 72.2 cm³/mol. The number of urea groups is 1. The molecule has 6 heteroatoms. The zero-order valence-corrected chi connectivity index (χ0v) is 11.1. The van der Waals surface area contributed by atoms with Gasteiger partial charge < -0.3 is 11.1 Å². The first-order valence-electron chi connectivity index (χ1n) is 6.64. The van der Waals surface area contributed by atoms with Gasteiger partial charge in [0, 0.05) is 6.04 Å². The molecule has 0 aliphatic heterocycles. The third kappa shape index (κ3) is 3.77. The summed E-state index contributed by atoms with van der Waals surface area (Å²) in [6.07, 6.45) is 3.32. The zero-order chi connectivity index (χ0) is 14.5. The molecular weight excluding hydrogens is 261 g/mol. The average Bonchev–Trinajstić information content (AvgIpc) is 2.32. The fraction of sp³-hybridized carbons (Fsp3) is 0.429. The lowest BCUT2D eigenvalue weighted by atomic mass is 9.77. The Morgan fingerprint density at radius 2 is 1.95 bits per heavy atom. The lowest BCUT2D eigenvalue weighted by molar-refractivity contribution is -0.119. The van der Waals surface area contributed by atoms with Crippen LogP contribution < -0.4 is 16.4 Å². The molecule has 20 heavy (non-hydrogen) atoms. The Morgan fingerprint density at radius 1 is 1.30 bits per heavy atom. The Morgan fingerprint density at radius 3 is 2.45 bits per heavy atom. The van der Waals surface area contributed by atoms with Crippen molar-refractivity contribution >= 4 is 11.9 Å². The van der Waals surface area contributed by atoms with Gasteiger partial charge in [-0.15, -0.1) is 0 Å². The molecule has 4 N–H and O–H groups in total. The summed E-state index contributed by atoms with van der Waals surface area (Å²) >= 11 is 0. The third-order valence-electron chi connectivity index (χ3n) is 3.60. The van der Waals surface area contributed by atoms with Gasteiger partial charge in [0.05, 0.1) is 6.54 Å². The summed E-state index contributed by atoms with van der Waals surface area (Å²) in [6.45, 7) is 0.00147. The van der Waals surface area contributed by atoms with Crippen molar-refractivity contribution in [3.8, 4) is 0 Å². The number of primary amides is 1. The van der Waals surface area contributed by atoms with Crippen molar-refractivity contribution in [3.05, 3.63) is 35.6 Å². The lowest BCUT2D eigenvalue weighted by Crippen LogP contribution is -2.43. The van der Waals surface area contributed by atoms with Crippen molar-refractivity contribution in [1.29, 1.82) is 0 Å². The first-order valence-corrected chi connectivity index (χ1v) is 6.64. The number of amides is 3. The fourth-order valence-electron chi connectivity index (χ4n) is 2.38. The van der Waals surface area contributed by atoms with E-state index in [1.165, 1.54) is 12.1 Å². The van der Waals surface area contributed by atoms with Gasteiger partial charge in [-0.25, -0.2) is 9.18 Å². The molecule has 2 rings (SSSR count). The van der Waals surface area contributed by atoms with Gasteiger partial charge in [-0.1, -0.05) is 18.6 Å². The number of benzene rings is 1. The van der Waals surface area contributed by atoms with E-state index in [1.54, 1.807) is 12.1 Å². The van der Waals surface area contributed by atoms with E-state index in [9.17, 15) is 14.0 Å². The number of carbonyl (C=O) groups excluding carboxylic acids is 2. The van der Waals surface area contributed by atoms with E-state index in [1.807, 2.05) is 5.32 Å². The second-order valence-corrected chi connectivity index (χ2v) is 5.01. The summed E-state index contributed by atoms with van der Waals surface area (Å²) in [5, 5.41) is 5.13. The second kappa shape index (κ2) is 6.47. The number of imide groups is 1. The Labute approximate surface area is 116 Å². The maximum atomic E-state index is 13.0. The van der Waals surface area contributed by atoms with Crippen molar-refractivity contribution in [2.24, 2.45) is 11.7 Å². The lowest BCUT2D eigenvalue weighted by Gasteiger charge is -2.34. The molecule has 1 aliphatic rings. The molecule has 0 saturated heterocycles. The minimum Gasteiger partial charge on any atom is -0.351 e. The molecule has 0 spiro atoms. The number of nitrogens with two attached hydrogens (primary N) is 1. The van der Waals surface area contributed by atoms with Crippen molar-refractivity contribution in [3.63, 3.8) is 0 Å². The van der Waals surface area contributed by atoms with Gasteiger partial charge in [0.25, 0.3) is 0 Å².